The van der Waals surface area contributed by atoms with Gasteiger partial charge in [-0.3, -0.25) is 14.6 Å². The van der Waals surface area contributed by atoms with E-state index in [2.05, 4.69) is 0 Å². The number of imide groups is 1. The third-order valence-electron chi connectivity index (χ3n) is 4.96. The normalized spacial score (nSPS) is 19.0. The van der Waals surface area contributed by atoms with Gasteiger partial charge in [-0.05, 0) is 48.9 Å². The molecule has 0 unspecified atom stereocenters. The highest BCUT2D eigenvalue weighted by Gasteiger charge is 2.43. The molecule has 0 radical (unpaired) electrons. The number of aliphatic hydroxyl groups is 1. The molecule has 2 aromatic rings. The van der Waals surface area contributed by atoms with Crippen molar-refractivity contribution in [2.45, 2.75) is 25.7 Å². The highest BCUT2D eigenvalue weighted by molar-refractivity contribution is 6.14. The van der Waals surface area contributed by atoms with E-state index in [0.29, 0.717) is 17.2 Å². The Hall–Kier alpha value is -3.17. The number of β-amino-alcohol motifs (C(OH)–C–C–N with tert-alkyl or cyclic N) is 1. The number of hydrogen-bond acceptors (Lipinski definition) is 6. The number of hydrogen-bond donors (Lipinski definition) is 1. The largest absolute Gasteiger partial charge is 0.454 e. The van der Waals surface area contributed by atoms with E-state index in [1.54, 1.807) is 19.1 Å². The molecule has 30 heavy (non-hydrogen) atoms. The average molecular weight is 416 g/mol. The molecule has 0 saturated carbocycles. The number of benzene rings is 2. The molecule has 2 aromatic carbocycles. The highest BCUT2D eigenvalue weighted by Crippen LogP contribution is 2.32. The molecule has 1 saturated heterocycles. The summed E-state index contributed by atoms with van der Waals surface area (Å²) in [5, 5.41) is 10.3. The minimum Gasteiger partial charge on any atom is -0.454 e. The van der Waals surface area contributed by atoms with Gasteiger partial charge in [-0.15, -0.1) is 0 Å². The van der Waals surface area contributed by atoms with Crippen LogP contribution in [0.5, 0.6) is 11.5 Å². The van der Waals surface area contributed by atoms with Crippen molar-refractivity contribution in [3.8, 4) is 11.5 Å². The fraction of sp³-hybridized carbons (Fsp3) is 0.333. The summed E-state index contributed by atoms with van der Waals surface area (Å²) in [5.41, 5.74) is 1.26. The van der Waals surface area contributed by atoms with Gasteiger partial charge in [-0.1, -0.05) is 6.07 Å². The summed E-state index contributed by atoms with van der Waals surface area (Å²) in [6.45, 7) is 1.75. The predicted octanol–water partition coefficient (Wildman–Crippen LogP) is 2.29. The van der Waals surface area contributed by atoms with Gasteiger partial charge in [-0.2, -0.15) is 0 Å². The first-order chi connectivity index (χ1) is 14.4. The van der Waals surface area contributed by atoms with Crippen LogP contribution in [0.15, 0.2) is 42.5 Å². The Labute approximate surface area is 172 Å². The first-order valence-electron chi connectivity index (χ1n) is 9.48. The smallest absolute Gasteiger partial charge is 0.332 e. The van der Waals surface area contributed by atoms with E-state index in [4.69, 9.17) is 14.2 Å². The summed E-state index contributed by atoms with van der Waals surface area (Å²) >= 11 is 0. The standard InChI is InChI=1S/C21H21FN2O6/c1-13-20(26)23(21(27)24(13)16-5-3-15(22)4-6-16)9-17(25)11-28-10-14-2-7-18-19(8-14)30-12-29-18/h2-8,13,17,25H,9-12H2,1H3/t13-,17+/m1/s1. The van der Waals surface area contributed by atoms with E-state index in [1.807, 2.05) is 6.07 Å². The average Bonchev–Trinajstić information content (AvgIpc) is 3.27. The lowest BCUT2D eigenvalue weighted by Gasteiger charge is -2.20. The molecular formula is C21H21FN2O6. The number of halogens is 1. The Kier molecular flexibility index (Phi) is 5.56. The van der Waals surface area contributed by atoms with Crippen LogP contribution in [0.25, 0.3) is 0 Å². The maximum absolute atomic E-state index is 13.2. The Balaban J connectivity index is 1.32. The van der Waals surface area contributed by atoms with Gasteiger partial charge in [0.15, 0.2) is 11.5 Å². The molecule has 0 aliphatic carbocycles. The van der Waals surface area contributed by atoms with E-state index in [0.717, 1.165) is 10.5 Å². The third-order valence-corrected chi connectivity index (χ3v) is 4.96. The molecule has 0 aromatic heterocycles. The molecule has 2 aliphatic heterocycles. The zero-order valence-electron chi connectivity index (χ0n) is 16.3. The first kappa shape index (κ1) is 20.1. The summed E-state index contributed by atoms with van der Waals surface area (Å²) in [7, 11) is 0. The lowest BCUT2D eigenvalue weighted by Crippen LogP contribution is -2.40. The fourth-order valence-corrected chi connectivity index (χ4v) is 3.44. The van der Waals surface area contributed by atoms with E-state index in [9.17, 15) is 19.1 Å². The van der Waals surface area contributed by atoms with Crippen LogP contribution < -0.4 is 14.4 Å². The number of ether oxygens (including phenoxy) is 3. The molecule has 0 spiro atoms. The van der Waals surface area contributed by atoms with Gasteiger partial charge in [0.2, 0.25) is 6.79 Å². The van der Waals surface area contributed by atoms with Crippen molar-refractivity contribution in [2.24, 2.45) is 0 Å². The topological polar surface area (TPSA) is 88.5 Å². The number of fused-ring (bicyclic) bond motifs is 1. The minimum atomic E-state index is -1.05. The van der Waals surface area contributed by atoms with Crippen LogP contribution in [0, 0.1) is 5.82 Å². The molecule has 2 aliphatic rings. The molecule has 2 atom stereocenters. The first-order valence-corrected chi connectivity index (χ1v) is 9.48. The van der Waals surface area contributed by atoms with Crippen LogP contribution in [-0.2, 0) is 16.1 Å². The van der Waals surface area contributed by atoms with Crippen molar-refractivity contribution >= 4 is 17.6 Å². The number of amides is 3. The SMILES string of the molecule is C[C@@H]1C(=O)N(C[C@H](O)COCc2ccc3c(c2)OCO3)C(=O)N1c1ccc(F)cc1. The highest BCUT2D eigenvalue weighted by atomic mass is 19.1. The number of anilines is 1. The molecule has 2 heterocycles. The summed E-state index contributed by atoms with van der Waals surface area (Å²) in [4.78, 5) is 27.5. The Morgan fingerprint density at radius 2 is 1.90 bits per heavy atom. The van der Waals surface area contributed by atoms with Gasteiger partial charge >= 0.3 is 6.03 Å². The van der Waals surface area contributed by atoms with Gasteiger partial charge in [-0.25, -0.2) is 9.18 Å². The van der Waals surface area contributed by atoms with Gasteiger partial charge < -0.3 is 19.3 Å². The van der Waals surface area contributed by atoms with Gasteiger partial charge in [0.25, 0.3) is 5.91 Å². The number of nitrogens with zero attached hydrogens (tertiary/aromatic N) is 2. The summed E-state index contributed by atoms with van der Waals surface area (Å²) in [6, 6.07) is 9.42. The van der Waals surface area contributed by atoms with Crippen molar-refractivity contribution in [2.75, 3.05) is 24.8 Å². The summed E-state index contributed by atoms with van der Waals surface area (Å²) in [5.74, 6) is 0.444. The number of carbonyl (C=O) groups excluding carboxylic acids is 2. The minimum absolute atomic E-state index is 0.0591. The van der Waals surface area contributed by atoms with Crippen molar-refractivity contribution in [1.82, 2.24) is 4.90 Å². The maximum Gasteiger partial charge on any atom is 0.332 e. The molecule has 4 rings (SSSR count). The lowest BCUT2D eigenvalue weighted by atomic mass is 10.2. The van der Waals surface area contributed by atoms with Gasteiger partial charge in [0, 0.05) is 5.69 Å². The number of carbonyl (C=O) groups is 2. The van der Waals surface area contributed by atoms with Crippen LogP contribution in [0.2, 0.25) is 0 Å². The second-order valence-corrected chi connectivity index (χ2v) is 7.11. The lowest BCUT2D eigenvalue weighted by molar-refractivity contribution is -0.128. The van der Waals surface area contributed by atoms with Crippen molar-refractivity contribution in [3.05, 3.63) is 53.8 Å². The Morgan fingerprint density at radius 3 is 2.67 bits per heavy atom. The molecule has 1 fully saturated rings. The van der Waals surface area contributed by atoms with Crippen LogP contribution in [0.1, 0.15) is 12.5 Å². The second kappa shape index (κ2) is 8.29. The molecule has 1 N–H and O–H groups in total. The number of rotatable bonds is 7. The molecular weight excluding hydrogens is 395 g/mol. The third kappa shape index (κ3) is 3.94. The van der Waals surface area contributed by atoms with Crippen LogP contribution >= 0.6 is 0 Å². The van der Waals surface area contributed by atoms with Crippen LogP contribution in [-0.4, -0.2) is 54.0 Å². The van der Waals surface area contributed by atoms with Crippen LogP contribution in [0.3, 0.4) is 0 Å². The molecule has 9 heteroatoms. The van der Waals surface area contributed by atoms with E-state index in [1.165, 1.54) is 29.2 Å². The fourth-order valence-electron chi connectivity index (χ4n) is 3.44. The van der Waals surface area contributed by atoms with Gasteiger partial charge in [0.1, 0.15) is 11.9 Å². The van der Waals surface area contributed by atoms with Crippen molar-refractivity contribution < 1.29 is 33.3 Å². The van der Waals surface area contributed by atoms with Gasteiger partial charge in [0.05, 0.1) is 25.9 Å². The number of aliphatic hydroxyl groups excluding tert-OH is 1. The Morgan fingerprint density at radius 1 is 1.17 bits per heavy atom. The van der Waals surface area contributed by atoms with Crippen molar-refractivity contribution in [3.63, 3.8) is 0 Å². The summed E-state index contributed by atoms with van der Waals surface area (Å²) < 4.78 is 29.2. The molecule has 0 bridgehead atoms. The zero-order valence-corrected chi connectivity index (χ0v) is 16.3. The number of urea groups is 1. The van der Waals surface area contributed by atoms with E-state index in [-0.39, 0.29) is 26.6 Å². The second-order valence-electron chi connectivity index (χ2n) is 7.11. The monoisotopic (exact) mass is 416 g/mol. The quantitative estimate of drug-likeness (QED) is 0.697. The molecule has 8 nitrogen and oxygen atoms in total. The summed E-state index contributed by atoms with van der Waals surface area (Å²) in [6.07, 6.45) is -1.05. The van der Waals surface area contributed by atoms with E-state index >= 15 is 0 Å². The molecule has 158 valence electrons. The maximum atomic E-state index is 13.2. The molecule has 3 amide bonds. The Bertz CT molecular complexity index is 951. The van der Waals surface area contributed by atoms with Crippen LogP contribution in [0.4, 0.5) is 14.9 Å². The zero-order chi connectivity index (χ0) is 21.3. The predicted molar refractivity (Wildman–Crippen MR) is 104 cm³/mol. The van der Waals surface area contributed by atoms with E-state index < -0.39 is 29.9 Å². The van der Waals surface area contributed by atoms with Crippen molar-refractivity contribution in [1.29, 1.82) is 0 Å².